The summed E-state index contributed by atoms with van der Waals surface area (Å²) in [6.07, 6.45) is 0. The molecular weight excluding hydrogens is 448 g/mol. The van der Waals surface area contributed by atoms with Crippen LogP contribution in [0.25, 0.3) is 21.6 Å². The summed E-state index contributed by atoms with van der Waals surface area (Å²) in [7, 11) is 1.84. The molecule has 4 heterocycles. The standard InChI is InChI=1S/C21H16N6OS3/c1-12-18-15(10-16(17-4-3-9-29-17)24-19(18)27(2)26-12)20(28)23-13-5-7-14(8-6-13)31-21-25-22-11-30-21/h3-11H,1-2H3,(H,23,28). The maximum absolute atomic E-state index is 13.3. The molecular formula is C21H16N6OS3. The molecule has 0 unspecified atom stereocenters. The topological polar surface area (TPSA) is 85.6 Å². The molecule has 5 rings (SSSR count). The molecule has 1 amide bonds. The van der Waals surface area contributed by atoms with Crippen molar-refractivity contribution in [1.82, 2.24) is 25.0 Å². The summed E-state index contributed by atoms with van der Waals surface area (Å²) >= 11 is 4.62. The van der Waals surface area contributed by atoms with E-state index in [-0.39, 0.29) is 5.91 Å². The first-order chi connectivity index (χ1) is 15.1. The number of aryl methyl sites for hydroxylation is 2. The van der Waals surface area contributed by atoms with Gasteiger partial charge < -0.3 is 5.32 Å². The van der Waals surface area contributed by atoms with Crippen molar-refractivity contribution >= 4 is 57.1 Å². The fourth-order valence-corrected chi connectivity index (χ4v) is 5.42. The zero-order valence-corrected chi connectivity index (χ0v) is 19.0. The minimum Gasteiger partial charge on any atom is -0.322 e. The van der Waals surface area contributed by atoms with Gasteiger partial charge in [0.2, 0.25) is 0 Å². The van der Waals surface area contributed by atoms with E-state index in [1.165, 1.54) is 23.1 Å². The summed E-state index contributed by atoms with van der Waals surface area (Å²) in [5, 5.41) is 18.1. The largest absolute Gasteiger partial charge is 0.322 e. The molecule has 10 heteroatoms. The average molecular weight is 465 g/mol. The molecule has 4 aromatic heterocycles. The van der Waals surface area contributed by atoms with Gasteiger partial charge in [-0.2, -0.15) is 5.10 Å². The third-order valence-corrected chi connectivity index (χ3v) is 7.32. The number of aromatic nitrogens is 5. The monoisotopic (exact) mass is 464 g/mol. The van der Waals surface area contributed by atoms with Crippen LogP contribution in [0.2, 0.25) is 0 Å². The molecule has 0 aliphatic carbocycles. The van der Waals surface area contributed by atoms with Gasteiger partial charge >= 0.3 is 0 Å². The Hall–Kier alpha value is -3.08. The van der Waals surface area contributed by atoms with Crippen LogP contribution in [0.3, 0.4) is 0 Å². The smallest absolute Gasteiger partial charge is 0.256 e. The van der Waals surface area contributed by atoms with Gasteiger partial charge in [-0.1, -0.05) is 29.2 Å². The highest BCUT2D eigenvalue weighted by molar-refractivity contribution is 8.01. The molecule has 1 aromatic carbocycles. The number of hydrogen-bond acceptors (Lipinski definition) is 8. The Morgan fingerprint density at radius 1 is 1.16 bits per heavy atom. The number of fused-ring (bicyclic) bond motifs is 1. The first-order valence-electron chi connectivity index (χ1n) is 9.32. The molecule has 154 valence electrons. The van der Waals surface area contributed by atoms with Gasteiger partial charge in [0.05, 0.1) is 27.2 Å². The van der Waals surface area contributed by atoms with Crippen molar-refractivity contribution in [2.75, 3.05) is 5.32 Å². The summed E-state index contributed by atoms with van der Waals surface area (Å²) in [6.45, 7) is 1.89. The van der Waals surface area contributed by atoms with Crippen molar-refractivity contribution in [1.29, 1.82) is 0 Å². The number of hydrogen-bond donors (Lipinski definition) is 1. The molecule has 0 aliphatic heterocycles. The maximum atomic E-state index is 13.3. The van der Waals surface area contributed by atoms with E-state index in [1.54, 1.807) is 21.5 Å². The van der Waals surface area contributed by atoms with Crippen molar-refractivity contribution in [3.05, 3.63) is 64.6 Å². The highest BCUT2D eigenvalue weighted by Gasteiger charge is 2.19. The molecule has 31 heavy (non-hydrogen) atoms. The van der Waals surface area contributed by atoms with E-state index in [2.05, 4.69) is 20.6 Å². The van der Waals surface area contributed by atoms with Crippen LogP contribution in [0.15, 0.2) is 62.6 Å². The van der Waals surface area contributed by atoms with E-state index >= 15 is 0 Å². The molecule has 1 N–H and O–H groups in total. The second-order valence-electron chi connectivity index (χ2n) is 6.73. The maximum Gasteiger partial charge on any atom is 0.256 e. The first-order valence-corrected chi connectivity index (χ1v) is 11.9. The lowest BCUT2D eigenvalue weighted by Gasteiger charge is -2.09. The van der Waals surface area contributed by atoms with Gasteiger partial charge in [-0.25, -0.2) is 4.98 Å². The molecule has 0 atom stereocenters. The van der Waals surface area contributed by atoms with E-state index in [0.29, 0.717) is 11.2 Å². The van der Waals surface area contributed by atoms with Crippen LogP contribution >= 0.6 is 34.4 Å². The third-order valence-electron chi connectivity index (χ3n) is 4.64. The number of pyridine rings is 1. The fourth-order valence-electron chi connectivity index (χ4n) is 3.29. The molecule has 0 saturated heterocycles. The molecule has 0 bridgehead atoms. The predicted octanol–water partition coefficient (Wildman–Crippen LogP) is 5.26. The van der Waals surface area contributed by atoms with Crippen LogP contribution < -0.4 is 5.32 Å². The van der Waals surface area contributed by atoms with Crippen molar-refractivity contribution in [2.45, 2.75) is 16.2 Å². The third kappa shape index (κ3) is 3.97. The van der Waals surface area contributed by atoms with E-state index in [4.69, 9.17) is 4.98 Å². The molecule has 5 aromatic rings. The summed E-state index contributed by atoms with van der Waals surface area (Å²) in [5.74, 6) is -0.189. The molecule has 7 nitrogen and oxygen atoms in total. The van der Waals surface area contributed by atoms with Crippen LogP contribution in [0.1, 0.15) is 16.1 Å². The highest BCUT2D eigenvalue weighted by atomic mass is 32.2. The van der Waals surface area contributed by atoms with Crippen molar-refractivity contribution < 1.29 is 4.79 Å². The Morgan fingerprint density at radius 3 is 2.71 bits per heavy atom. The normalized spacial score (nSPS) is 11.2. The van der Waals surface area contributed by atoms with Crippen LogP contribution in [0, 0.1) is 6.92 Å². The Morgan fingerprint density at radius 2 is 2.00 bits per heavy atom. The summed E-state index contributed by atoms with van der Waals surface area (Å²) in [4.78, 5) is 20.1. The van der Waals surface area contributed by atoms with Crippen molar-refractivity contribution in [3.8, 4) is 10.6 Å². The van der Waals surface area contributed by atoms with Gasteiger partial charge in [-0.05, 0) is 48.7 Å². The average Bonchev–Trinajstić information content (AvgIpc) is 3.52. The minimum absolute atomic E-state index is 0.189. The van der Waals surface area contributed by atoms with E-state index < -0.39 is 0 Å². The van der Waals surface area contributed by atoms with E-state index in [9.17, 15) is 4.79 Å². The number of carbonyl (C=O) groups excluding carboxylic acids is 1. The second-order valence-corrected chi connectivity index (χ2v) is 9.83. The number of amides is 1. The van der Waals surface area contributed by atoms with Crippen LogP contribution in [-0.2, 0) is 7.05 Å². The quantitative estimate of drug-likeness (QED) is 0.382. The fraction of sp³-hybridized carbons (Fsp3) is 0.0952. The van der Waals surface area contributed by atoms with Crippen LogP contribution in [0.4, 0.5) is 5.69 Å². The zero-order valence-electron chi connectivity index (χ0n) is 16.6. The van der Waals surface area contributed by atoms with Gasteiger partial charge in [-0.15, -0.1) is 21.5 Å². The number of anilines is 1. The van der Waals surface area contributed by atoms with Gasteiger partial charge in [-0.3, -0.25) is 9.48 Å². The van der Waals surface area contributed by atoms with Crippen molar-refractivity contribution in [3.63, 3.8) is 0 Å². The van der Waals surface area contributed by atoms with Gasteiger partial charge in [0.1, 0.15) is 5.51 Å². The number of carbonyl (C=O) groups is 1. The molecule has 0 saturated carbocycles. The molecule has 0 spiro atoms. The lowest BCUT2D eigenvalue weighted by molar-refractivity contribution is 0.102. The number of thiophene rings is 1. The first kappa shape index (κ1) is 19.9. The number of benzene rings is 1. The van der Waals surface area contributed by atoms with Gasteiger partial charge in [0.25, 0.3) is 5.91 Å². The number of nitrogens with one attached hydrogen (secondary N) is 1. The lowest BCUT2D eigenvalue weighted by Crippen LogP contribution is -2.13. The Bertz CT molecular complexity index is 1360. The van der Waals surface area contributed by atoms with Crippen molar-refractivity contribution in [2.24, 2.45) is 7.05 Å². The molecule has 0 radical (unpaired) electrons. The van der Waals surface area contributed by atoms with Gasteiger partial charge in [0, 0.05) is 17.6 Å². The molecule has 0 fully saturated rings. The Balaban J connectivity index is 1.46. The number of rotatable bonds is 5. The number of nitrogens with zero attached hydrogens (tertiary/aromatic N) is 5. The second kappa shape index (κ2) is 8.22. The summed E-state index contributed by atoms with van der Waals surface area (Å²) in [5.41, 5.74) is 5.22. The zero-order chi connectivity index (χ0) is 21.4. The highest BCUT2D eigenvalue weighted by Crippen LogP contribution is 2.31. The molecule has 0 aliphatic rings. The predicted molar refractivity (Wildman–Crippen MR) is 125 cm³/mol. The summed E-state index contributed by atoms with van der Waals surface area (Å²) < 4.78 is 2.60. The Labute approximate surface area is 190 Å². The SMILES string of the molecule is Cc1nn(C)c2nc(-c3cccs3)cc(C(=O)Nc3ccc(Sc4nncs4)cc3)c12. The lowest BCUT2D eigenvalue weighted by atomic mass is 10.1. The van der Waals surface area contributed by atoms with E-state index in [1.807, 2.05) is 61.8 Å². The Kier molecular flexibility index (Phi) is 5.26. The van der Waals surface area contributed by atoms with Crippen LogP contribution in [-0.4, -0.2) is 30.9 Å². The van der Waals surface area contributed by atoms with E-state index in [0.717, 1.165) is 36.6 Å². The van der Waals surface area contributed by atoms with Gasteiger partial charge in [0.15, 0.2) is 9.99 Å². The summed E-state index contributed by atoms with van der Waals surface area (Å²) in [6, 6.07) is 13.5. The van der Waals surface area contributed by atoms with Crippen LogP contribution in [0.5, 0.6) is 0 Å². The minimum atomic E-state index is -0.189.